The molecule has 1 aromatic rings. The van der Waals surface area contributed by atoms with Gasteiger partial charge in [0.15, 0.2) is 5.11 Å². The minimum Gasteiger partial charge on any atom is -0.394 e. The van der Waals surface area contributed by atoms with Gasteiger partial charge < -0.3 is 15.7 Å². The molecule has 4 heteroatoms. The first kappa shape index (κ1) is 12.9. The summed E-state index contributed by atoms with van der Waals surface area (Å²) in [6.45, 7) is 2.81. The summed E-state index contributed by atoms with van der Waals surface area (Å²) in [6.07, 6.45) is 0.851. The maximum atomic E-state index is 9.01. The number of benzene rings is 1. The van der Waals surface area contributed by atoms with E-state index in [1.807, 2.05) is 37.3 Å². The van der Waals surface area contributed by atoms with Gasteiger partial charge in [-0.2, -0.15) is 0 Å². The van der Waals surface area contributed by atoms with Crippen molar-refractivity contribution in [1.29, 1.82) is 0 Å². The Morgan fingerprint density at radius 1 is 1.38 bits per heavy atom. The lowest BCUT2D eigenvalue weighted by Gasteiger charge is -2.17. The van der Waals surface area contributed by atoms with Crippen LogP contribution in [0.4, 0.5) is 0 Å². The van der Waals surface area contributed by atoms with Gasteiger partial charge in [-0.25, -0.2) is 0 Å². The van der Waals surface area contributed by atoms with Gasteiger partial charge in [0.2, 0.25) is 0 Å². The lowest BCUT2D eigenvalue weighted by molar-refractivity contribution is 0.252. The predicted molar refractivity (Wildman–Crippen MR) is 70.2 cm³/mol. The van der Waals surface area contributed by atoms with Crippen LogP contribution in [0.3, 0.4) is 0 Å². The van der Waals surface area contributed by atoms with E-state index >= 15 is 0 Å². The number of hydrogen-bond donors (Lipinski definition) is 3. The number of aliphatic hydroxyl groups is 1. The van der Waals surface area contributed by atoms with Crippen molar-refractivity contribution in [3.63, 3.8) is 0 Å². The molecule has 1 rings (SSSR count). The molecular formula is C12H18N2OS. The number of rotatable bonds is 5. The van der Waals surface area contributed by atoms with Crippen LogP contribution in [0.25, 0.3) is 0 Å². The Bertz CT molecular complexity index is 312. The van der Waals surface area contributed by atoms with E-state index in [0.717, 1.165) is 6.42 Å². The Labute approximate surface area is 102 Å². The van der Waals surface area contributed by atoms with E-state index in [9.17, 15) is 0 Å². The summed E-state index contributed by atoms with van der Waals surface area (Å²) in [4.78, 5) is 0. The van der Waals surface area contributed by atoms with Crippen molar-refractivity contribution >= 4 is 17.3 Å². The first-order valence-electron chi connectivity index (χ1n) is 5.45. The lowest BCUT2D eigenvalue weighted by atomic mass is 10.2. The summed E-state index contributed by atoms with van der Waals surface area (Å²) in [5, 5.41) is 15.8. The van der Waals surface area contributed by atoms with Crippen molar-refractivity contribution in [1.82, 2.24) is 10.6 Å². The van der Waals surface area contributed by atoms with Crippen molar-refractivity contribution in [2.24, 2.45) is 0 Å². The van der Waals surface area contributed by atoms with Crippen molar-refractivity contribution in [3.8, 4) is 0 Å². The van der Waals surface area contributed by atoms with Crippen LogP contribution in [0, 0.1) is 0 Å². The Kier molecular flexibility index (Phi) is 5.82. The standard InChI is InChI=1S/C12H18N2OS/c1-2-11(9-15)14-12(16)13-8-10-6-4-3-5-7-10/h3-7,11,15H,2,8-9H2,1H3,(H2,13,14,16). The van der Waals surface area contributed by atoms with Crippen molar-refractivity contribution in [3.05, 3.63) is 35.9 Å². The van der Waals surface area contributed by atoms with Gasteiger partial charge in [-0.1, -0.05) is 37.3 Å². The number of thiocarbonyl (C=S) groups is 1. The molecule has 0 bridgehead atoms. The summed E-state index contributed by atoms with van der Waals surface area (Å²) in [6, 6.07) is 10.1. The van der Waals surface area contributed by atoms with Crippen molar-refractivity contribution in [2.45, 2.75) is 25.9 Å². The molecule has 1 atom stereocenters. The molecule has 1 aromatic carbocycles. The Hall–Kier alpha value is -1.13. The van der Waals surface area contributed by atoms with E-state index in [-0.39, 0.29) is 12.6 Å². The van der Waals surface area contributed by atoms with E-state index in [2.05, 4.69) is 10.6 Å². The highest BCUT2D eigenvalue weighted by atomic mass is 32.1. The van der Waals surface area contributed by atoms with Crippen LogP contribution in [0.2, 0.25) is 0 Å². The summed E-state index contributed by atoms with van der Waals surface area (Å²) < 4.78 is 0. The molecule has 0 spiro atoms. The first-order chi connectivity index (χ1) is 7.76. The van der Waals surface area contributed by atoms with Gasteiger partial charge in [0.05, 0.1) is 12.6 Å². The zero-order valence-electron chi connectivity index (χ0n) is 9.44. The van der Waals surface area contributed by atoms with E-state index in [0.29, 0.717) is 11.7 Å². The fraction of sp³-hybridized carbons (Fsp3) is 0.417. The van der Waals surface area contributed by atoms with Crippen LogP contribution in [-0.4, -0.2) is 22.9 Å². The molecule has 3 N–H and O–H groups in total. The van der Waals surface area contributed by atoms with Crippen molar-refractivity contribution in [2.75, 3.05) is 6.61 Å². The summed E-state index contributed by atoms with van der Waals surface area (Å²) >= 11 is 5.13. The van der Waals surface area contributed by atoms with Gasteiger partial charge in [-0.15, -0.1) is 0 Å². The molecule has 0 radical (unpaired) electrons. The van der Waals surface area contributed by atoms with Gasteiger partial charge in [-0.3, -0.25) is 0 Å². The highest BCUT2D eigenvalue weighted by Gasteiger charge is 2.05. The molecule has 0 saturated carbocycles. The fourth-order valence-corrected chi connectivity index (χ4v) is 1.53. The summed E-state index contributed by atoms with van der Waals surface area (Å²) in [7, 11) is 0. The number of hydrogen-bond acceptors (Lipinski definition) is 2. The van der Waals surface area contributed by atoms with Gasteiger partial charge in [0, 0.05) is 6.54 Å². The van der Waals surface area contributed by atoms with Crippen LogP contribution in [-0.2, 0) is 6.54 Å². The van der Waals surface area contributed by atoms with Crippen LogP contribution >= 0.6 is 12.2 Å². The number of aliphatic hydroxyl groups excluding tert-OH is 1. The molecule has 16 heavy (non-hydrogen) atoms. The lowest BCUT2D eigenvalue weighted by Crippen LogP contribution is -2.43. The monoisotopic (exact) mass is 238 g/mol. The fourth-order valence-electron chi connectivity index (χ4n) is 1.29. The second-order valence-electron chi connectivity index (χ2n) is 3.60. The zero-order chi connectivity index (χ0) is 11.8. The maximum absolute atomic E-state index is 9.01. The van der Waals surface area contributed by atoms with Crippen LogP contribution < -0.4 is 10.6 Å². The molecule has 0 aromatic heterocycles. The highest BCUT2D eigenvalue weighted by Crippen LogP contribution is 1.97. The zero-order valence-corrected chi connectivity index (χ0v) is 10.3. The largest absolute Gasteiger partial charge is 0.394 e. The Morgan fingerprint density at radius 3 is 2.62 bits per heavy atom. The topological polar surface area (TPSA) is 44.3 Å². The molecule has 3 nitrogen and oxygen atoms in total. The first-order valence-corrected chi connectivity index (χ1v) is 5.86. The molecule has 88 valence electrons. The molecular weight excluding hydrogens is 220 g/mol. The van der Waals surface area contributed by atoms with Crippen LogP contribution in [0.15, 0.2) is 30.3 Å². The third kappa shape index (κ3) is 4.59. The van der Waals surface area contributed by atoms with Crippen LogP contribution in [0.5, 0.6) is 0 Å². The smallest absolute Gasteiger partial charge is 0.166 e. The summed E-state index contributed by atoms with van der Waals surface area (Å²) in [5.74, 6) is 0. The normalized spacial score (nSPS) is 11.9. The van der Waals surface area contributed by atoms with Gasteiger partial charge in [0.25, 0.3) is 0 Å². The Balaban J connectivity index is 2.30. The molecule has 0 saturated heterocycles. The third-order valence-electron chi connectivity index (χ3n) is 2.34. The second-order valence-corrected chi connectivity index (χ2v) is 4.01. The molecule has 1 unspecified atom stereocenters. The third-order valence-corrected chi connectivity index (χ3v) is 2.61. The molecule has 0 fully saturated rings. The predicted octanol–water partition coefficient (Wildman–Crippen LogP) is 1.42. The van der Waals surface area contributed by atoms with Gasteiger partial charge >= 0.3 is 0 Å². The average Bonchev–Trinajstić information content (AvgIpc) is 2.34. The Morgan fingerprint density at radius 2 is 2.06 bits per heavy atom. The average molecular weight is 238 g/mol. The summed E-state index contributed by atoms with van der Waals surface area (Å²) in [5.41, 5.74) is 1.18. The van der Waals surface area contributed by atoms with E-state index in [4.69, 9.17) is 17.3 Å². The van der Waals surface area contributed by atoms with Crippen molar-refractivity contribution < 1.29 is 5.11 Å². The minimum atomic E-state index is 0.0378. The minimum absolute atomic E-state index is 0.0378. The highest BCUT2D eigenvalue weighted by molar-refractivity contribution is 7.80. The maximum Gasteiger partial charge on any atom is 0.166 e. The SMILES string of the molecule is CCC(CO)NC(=S)NCc1ccccc1. The van der Waals surface area contributed by atoms with E-state index in [1.165, 1.54) is 5.56 Å². The quantitative estimate of drug-likeness (QED) is 0.679. The van der Waals surface area contributed by atoms with E-state index < -0.39 is 0 Å². The number of nitrogens with one attached hydrogen (secondary N) is 2. The van der Waals surface area contributed by atoms with Gasteiger partial charge in [0.1, 0.15) is 0 Å². The molecule has 0 aliphatic heterocycles. The van der Waals surface area contributed by atoms with E-state index in [1.54, 1.807) is 0 Å². The molecule has 0 aliphatic carbocycles. The van der Waals surface area contributed by atoms with Gasteiger partial charge in [-0.05, 0) is 24.2 Å². The molecule has 0 amide bonds. The second kappa shape index (κ2) is 7.19. The van der Waals surface area contributed by atoms with Crippen LogP contribution in [0.1, 0.15) is 18.9 Å². The molecule has 0 aliphatic rings. The molecule has 0 heterocycles.